The van der Waals surface area contributed by atoms with Crippen LogP contribution in [0, 0.1) is 0 Å². The predicted molar refractivity (Wildman–Crippen MR) is 246 cm³/mol. The maximum absolute atomic E-state index is 2.67. The quantitative estimate of drug-likeness (QED) is 0.159. The molecule has 0 amide bonds. The summed E-state index contributed by atoms with van der Waals surface area (Å²) >= 11 is 0. The van der Waals surface area contributed by atoms with Gasteiger partial charge >= 0.3 is 0 Å². The second-order valence-electron chi connectivity index (χ2n) is 16.0. The van der Waals surface area contributed by atoms with Gasteiger partial charge in [0, 0.05) is 32.9 Å². The van der Waals surface area contributed by atoms with Gasteiger partial charge in [0.2, 0.25) is 0 Å². The SMILES string of the molecule is c1ccc(-n2c3ccc([Si]4(c5ccccc5)c5ccccc5-c5ccccc54)cc3c3cc4c(cc32)Cc2ccc(-n3c5ccccc5c5ccccc53)cc2-4)cc1. The maximum atomic E-state index is 2.58. The molecule has 11 aromatic rings. The van der Waals surface area contributed by atoms with Gasteiger partial charge in [0.15, 0.2) is 8.07 Å². The molecule has 0 atom stereocenters. The highest BCUT2D eigenvalue weighted by Crippen LogP contribution is 2.44. The second-order valence-corrected chi connectivity index (χ2v) is 19.8. The molecule has 58 heavy (non-hydrogen) atoms. The Balaban J connectivity index is 1.08. The van der Waals surface area contributed by atoms with E-state index in [2.05, 4.69) is 215 Å². The third-order valence-electron chi connectivity index (χ3n) is 13.2. The molecule has 0 spiro atoms. The van der Waals surface area contributed by atoms with Crippen LogP contribution in [0.5, 0.6) is 0 Å². The Bertz CT molecular complexity index is 3380. The van der Waals surface area contributed by atoms with Crippen LogP contribution in [-0.4, -0.2) is 17.2 Å². The minimum atomic E-state index is -2.67. The van der Waals surface area contributed by atoms with Gasteiger partial charge in [-0.25, -0.2) is 0 Å². The fraction of sp³-hybridized carbons (Fsp3) is 0.0182. The number of hydrogen-bond acceptors (Lipinski definition) is 0. The van der Waals surface area contributed by atoms with Crippen LogP contribution in [0.25, 0.3) is 77.2 Å². The Hall–Kier alpha value is -7.20. The second kappa shape index (κ2) is 11.9. The van der Waals surface area contributed by atoms with Gasteiger partial charge in [0.05, 0.1) is 22.1 Å². The van der Waals surface area contributed by atoms with E-state index in [0.29, 0.717) is 0 Å². The Labute approximate surface area is 337 Å². The number of fused-ring (bicyclic) bond motifs is 12. The van der Waals surface area contributed by atoms with Crippen molar-refractivity contribution in [3.8, 4) is 33.6 Å². The van der Waals surface area contributed by atoms with Gasteiger partial charge < -0.3 is 9.13 Å². The lowest BCUT2D eigenvalue weighted by Crippen LogP contribution is -2.72. The largest absolute Gasteiger partial charge is 0.309 e. The lowest BCUT2D eigenvalue weighted by atomic mass is 10.0. The van der Waals surface area contributed by atoms with E-state index < -0.39 is 8.07 Å². The van der Waals surface area contributed by atoms with Crippen LogP contribution in [-0.2, 0) is 6.42 Å². The summed E-state index contributed by atoms with van der Waals surface area (Å²) in [5, 5.41) is 11.0. The highest BCUT2D eigenvalue weighted by molar-refractivity contribution is 7.22. The molecule has 9 aromatic carbocycles. The number of aromatic nitrogens is 2. The highest BCUT2D eigenvalue weighted by Gasteiger charge is 2.48. The van der Waals surface area contributed by atoms with E-state index in [1.165, 1.54) is 109 Å². The van der Waals surface area contributed by atoms with Crippen LogP contribution >= 0.6 is 0 Å². The lowest BCUT2D eigenvalue weighted by Gasteiger charge is -2.31. The van der Waals surface area contributed by atoms with Gasteiger partial charge in [-0.1, -0.05) is 152 Å². The lowest BCUT2D eigenvalue weighted by molar-refractivity contribution is 1.17. The first-order valence-electron chi connectivity index (χ1n) is 20.3. The number of hydrogen-bond donors (Lipinski definition) is 0. The third-order valence-corrected chi connectivity index (χ3v) is 18.1. The number of nitrogens with zero attached hydrogens (tertiary/aromatic N) is 2. The van der Waals surface area contributed by atoms with Crippen molar-refractivity contribution in [3.05, 3.63) is 217 Å². The van der Waals surface area contributed by atoms with E-state index in [9.17, 15) is 0 Å². The first-order valence-corrected chi connectivity index (χ1v) is 22.3. The third kappa shape index (κ3) is 4.21. The Morgan fingerprint density at radius 3 is 1.57 bits per heavy atom. The molecule has 0 bridgehead atoms. The van der Waals surface area contributed by atoms with E-state index in [0.717, 1.165) is 6.42 Å². The van der Waals surface area contributed by atoms with E-state index in [4.69, 9.17) is 0 Å². The van der Waals surface area contributed by atoms with Crippen LogP contribution in [0.3, 0.4) is 0 Å². The van der Waals surface area contributed by atoms with E-state index in [1.807, 2.05) is 0 Å². The van der Waals surface area contributed by atoms with E-state index in [-0.39, 0.29) is 0 Å². The zero-order chi connectivity index (χ0) is 38.0. The van der Waals surface area contributed by atoms with Gasteiger partial charge in [-0.05, 0) is 115 Å². The summed E-state index contributed by atoms with van der Waals surface area (Å²) in [6.07, 6.45) is 0.924. The van der Waals surface area contributed by atoms with Crippen molar-refractivity contribution < 1.29 is 0 Å². The zero-order valence-corrected chi connectivity index (χ0v) is 32.7. The maximum Gasteiger partial charge on any atom is 0.180 e. The fourth-order valence-corrected chi connectivity index (χ4v) is 16.0. The van der Waals surface area contributed by atoms with Gasteiger partial charge in [-0.15, -0.1) is 0 Å². The Kier molecular flexibility index (Phi) is 6.56. The molecule has 2 nitrogen and oxygen atoms in total. The molecule has 13 rings (SSSR count). The van der Waals surface area contributed by atoms with Crippen molar-refractivity contribution in [2.24, 2.45) is 0 Å². The molecular formula is C55H36N2Si. The van der Waals surface area contributed by atoms with Crippen molar-refractivity contribution in [2.75, 3.05) is 0 Å². The van der Waals surface area contributed by atoms with Crippen LogP contribution in [0.15, 0.2) is 206 Å². The van der Waals surface area contributed by atoms with Crippen LogP contribution in [0.2, 0.25) is 0 Å². The molecule has 0 fully saturated rings. The van der Waals surface area contributed by atoms with Crippen molar-refractivity contribution in [2.45, 2.75) is 6.42 Å². The van der Waals surface area contributed by atoms with Gasteiger partial charge in [0.25, 0.3) is 0 Å². The molecule has 0 saturated heterocycles. The number of rotatable bonds is 4. The normalized spacial score (nSPS) is 13.6. The summed E-state index contributed by atoms with van der Waals surface area (Å²) in [4.78, 5) is 0. The Morgan fingerprint density at radius 2 is 0.862 bits per heavy atom. The van der Waals surface area contributed by atoms with Crippen LogP contribution in [0.4, 0.5) is 0 Å². The molecular weight excluding hydrogens is 717 g/mol. The molecule has 0 N–H and O–H groups in total. The summed E-state index contributed by atoms with van der Waals surface area (Å²) in [6.45, 7) is 0. The summed E-state index contributed by atoms with van der Waals surface area (Å²) in [5.41, 5.74) is 15.6. The molecule has 0 radical (unpaired) electrons. The molecule has 0 unspecified atom stereocenters. The molecule has 1 aliphatic heterocycles. The van der Waals surface area contributed by atoms with Crippen molar-refractivity contribution >= 4 is 72.4 Å². The first kappa shape index (κ1) is 31.9. The van der Waals surface area contributed by atoms with Gasteiger partial charge in [0.1, 0.15) is 0 Å². The molecule has 2 aromatic heterocycles. The zero-order valence-electron chi connectivity index (χ0n) is 31.7. The smallest absolute Gasteiger partial charge is 0.180 e. The molecule has 1 aliphatic carbocycles. The van der Waals surface area contributed by atoms with Crippen molar-refractivity contribution in [3.63, 3.8) is 0 Å². The number of benzene rings is 9. The topological polar surface area (TPSA) is 9.86 Å². The molecule has 3 heterocycles. The van der Waals surface area contributed by atoms with E-state index in [1.54, 1.807) is 0 Å². The summed E-state index contributed by atoms with van der Waals surface area (Å²) < 4.78 is 4.94. The molecule has 3 heteroatoms. The average Bonchev–Trinajstić information content (AvgIpc) is 4.01. The highest BCUT2D eigenvalue weighted by atomic mass is 28.3. The summed E-state index contributed by atoms with van der Waals surface area (Å²) in [5.74, 6) is 0. The summed E-state index contributed by atoms with van der Waals surface area (Å²) in [7, 11) is -2.67. The van der Waals surface area contributed by atoms with E-state index >= 15 is 0 Å². The minimum absolute atomic E-state index is 0.924. The van der Waals surface area contributed by atoms with Crippen molar-refractivity contribution in [1.29, 1.82) is 0 Å². The average molecular weight is 753 g/mol. The fourth-order valence-electron chi connectivity index (χ4n) is 10.8. The van der Waals surface area contributed by atoms with Crippen LogP contribution in [0.1, 0.15) is 11.1 Å². The predicted octanol–water partition coefficient (Wildman–Crippen LogP) is 10.8. The number of para-hydroxylation sites is 3. The minimum Gasteiger partial charge on any atom is -0.309 e. The standard InChI is InChI=1S/C55H36N2Si/c1-3-15-38(16-4-1)56-52-30-29-41(58(40-17-5-2-6-18-40)54-25-13-9-21-44(54)45-22-10-14-26-55(45)58)34-48(52)49-35-47-37(32-53(49)56)31-36-27-28-39(33-46(36)47)57-50-23-11-7-19-42(50)43-20-8-12-24-51(43)57/h1-30,32-35H,31H2. The molecule has 0 saturated carbocycles. The summed E-state index contributed by atoms with van der Waals surface area (Å²) in [6, 6.07) is 77.8. The molecule has 2 aliphatic rings. The first-order chi connectivity index (χ1) is 28.8. The Morgan fingerprint density at radius 1 is 0.310 bits per heavy atom. The van der Waals surface area contributed by atoms with Crippen LogP contribution < -0.4 is 20.7 Å². The molecule has 270 valence electrons. The van der Waals surface area contributed by atoms with Gasteiger partial charge in [-0.3, -0.25) is 0 Å². The van der Waals surface area contributed by atoms with Gasteiger partial charge in [-0.2, -0.15) is 0 Å². The van der Waals surface area contributed by atoms with Crippen molar-refractivity contribution in [1.82, 2.24) is 9.13 Å². The monoisotopic (exact) mass is 752 g/mol.